The number of anilines is 1. The lowest BCUT2D eigenvalue weighted by Crippen LogP contribution is -2.27. The molecule has 0 aliphatic carbocycles. The predicted molar refractivity (Wildman–Crippen MR) is 68.4 cm³/mol. The van der Waals surface area contributed by atoms with Gasteiger partial charge in [0.05, 0.1) is 5.92 Å². The van der Waals surface area contributed by atoms with Gasteiger partial charge in [-0.05, 0) is 30.7 Å². The lowest BCUT2D eigenvalue weighted by atomic mass is 10.1. The van der Waals surface area contributed by atoms with Gasteiger partial charge in [0.25, 0.3) is 0 Å². The largest absolute Gasteiger partial charge is 0.399 e. The number of nitrogens with zero attached hydrogens (tertiary/aromatic N) is 1. The van der Waals surface area contributed by atoms with Crippen LogP contribution in [-0.2, 0) is 11.3 Å². The van der Waals surface area contributed by atoms with Crippen molar-refractivity contribution in [3.8, 4) is 0 Å². The van der Waals surface area contributed by atoms with E-state index in [9.17, 15) is 4.79 Å². The second-order valence-corrected chi connectivity index (χ2v) is 4.88. The molecule has 1 amide bonds. The molecular formula is C12H16ClN3O. The van der Waals surface area contributed by atoms with Crippen LogP contribution in [0.15, 0.2) is 18.2 Å². The summed E-state index contributed by atoms with van der Waals surface area (Å²) in [6.07, 6.45) is 0.835. The molecule has 0 saturated carbocycles. The quantitative estimate of drug-likeness (QED) is 0.796. The van der Waals surface area contributed by atoms with Crippen molar-refractivity contribution in [2.24, 2.45) is 11.7 Å². The van der Waals surface area contributed by atoms with Gasteiger partial charge in [0, 0.05) is 23.8 Å². The number of benzene rings is 1. The molecule has 0 bridgehead atoms. The maximum atomic E-state index is 11.1. The van der Waals surface area contributed by atoms with Crippen LogP contribution in [0.2, 0.25) is 5.02 Å². The van der Waals surface area contributed by atoms with Crippen molar-refractivity contribution < 1.29 is 4.79 Å². The van der Waals surface area contributed by atoms with E-state index in [0.717, 1.165) is 31.6 Å². The zero-order chi connectivity index (χ0) is 12.4. The topological polar surface area (TPSA) is 72.4 Å². The second-order valence-electron chi connectivity index (χ2n) is 4.47. The van der Waals surface area contributed by atoms with Crippen LogP contribution in [0, 0.1) is 5.92 Å². The number of carbonyl (C=O) groups is 1. The first-order chi connectivity index (χ1) is 8.06. The fourth-order valence-corrected chi connectivity index (χ4v) is 2.39. The lowest BCUT2D eigenvalue weighted by Gasteiger charge is -2.16. The fourth-order valence-electron chi connectivity index (χ4n) is 2.14. The average Bonchev–Trinajstić information content (AvgIpc) is 2.71. The van der Waals surface area contributed by atoms with Crippen LogP contribution in [0.1, 0.15) is 12.0 Å². The van der Waals surface area contributed by atoms with Gasteiger partial charge in [-0.25, -0.2) is 0 Å². The summed E-state index contributed by atoms with van der Waals surface area (Å²) in [5, 5.41) is 0.674. The maximum absolute atomic E-state index is 11.1. The van der Waals surface area contributed by atoms with Gasteiger partial charge in [0.2, 0.25) is 5.91 Å². The highest BCUT2D eigenvalue weighted by Crippen LogP contribution is 2.24. The number of likely N-dealkylation sites (tertiary alicyclic amines) is 1. The van der Waals surface area contributed by atoms with Crippen LogP contribution in [0.3, 0.4) is 0 Å². The van der Waals surface area contributed by atoms with Gasteiger partial charge in [0.15, 0.2) is 0 Å². The number of halogens is 1. The Balaban J connectivity index is 2.00. The molecule has 4 nitrogen and oxygen atoms in total. The van der Waals surface area contributed by atoms with Gasteiger partial charge >= 0.3 is 0 Å². The zero-order valence-corrected chi connectivity index (χ0v) is 10.3. The molecule has 1 aromatic rings. The molecule has 0 radical (unpaired) electrons. The van der Waals surface area contributed by atoms with Crippen LogP contribution in [-0.4, -0.2) is 23.9 Å². The van der Waals surface area contributed by atoms with Crippen LogP contribution in [0.4, 0.5) is 5.69 Å². The van der Waals surface area contributed by atoms with E-state index in [4.69, 9.17) is 23.1 Å². The summed E-state index contributed by atoms with van der Waals surface area (Å²) in [5.74, 6) is -0.238. The highest BCUT2D eigenvalue weighted by Gasteiger charge is 2.26. The van der Waals surface area contributed by atoms with E-state index in [0.29, 0.717) is 10.7 Å². The number of nitrogens with two attached hydrogens (primary N) is 2. The van der Waals surface area contributed by atoms with E-state index in [2.05, 4.69) is 4.90 Å². The van der Waals surface area contributed by atoms with Crippen molar-refractivity contribution >= 4 is 23.2 Å². The Kier molecular flexibility index (Phi) is 3.54. The highest BCUT2D eigenvalue weighted by atomic mass is 35.5. The minimum atomic E-state index is -0.212. The predicted octanol–water partition coefficient (Wildman–Crippen LogP) is 1.23. The number of primary amides is 1. The number of hydrogen-bond acceptors (Lipinski definition) is 3. The van der Waals surface area contributed by atoms with Gasteiger partial charge in [-0.1, -0.05) is 17.7 Å². The van der Waals surface area contributed by atoms with Crippen LogP contribution < -0.4 is 11.5 Å². The summed E-state index contributed by atoms with van der Waals surface area (Å²) in [6, 6.07) is 5.51. The van der Waals surface area contributed by atoms with E-state index < -0.39 is 0 Å². The van der Waals surface area contributed by atoms with Crippen LogP contribution in [0.5, 0.6) is 0 Å². The molecule has 0 spiro atoms. The molecule has 1 atom stereocenters. The summed E-state index contributed by atoms with van der Waals surface area (Å²) in [4.78, 5) is 13.3. The Hall–Kier alpha value is -1.26. The fraction of sp³-hybridized carbons (Fsp3) is 0.417. The molecular weight excluding hydrogens is 238 g/mol. The van der Waals surface area contributed by atoms with Gasteiger partial charge in [-0.15, -0.1) is 0 Å². The first-order valence-corrected chi connectivity index (χ1v) is 5.99. The van der Waals surface area contributed by atoms with E-state index in [1.807, 2.05) is 12.1 Å². The Morgan fingerprint density at radius 1 is 1.53 bits per heavy atom. The summed E-state index contributed by atoms with van der Waals surface area (Å²) >= 11 is 6.11. The summed E-state index contributed by atoms with van der Waals surface area (Å²) in [6.45, 7) is 2.34. The number of hydrogen-bond donors (Lipinski definition) is 2. The van der Waals surface area contributed by atoms with Crippen molar-refractivity contribution in [2.75, 3.05) is 18.8 Å². The third kappa shape index (κ3) is 2.90. The van der Waals surface area contributed by atoms with Crippen molar-refractivity contribution in [1.29, 1.82) is 0 Å². The Morgan fingerprint density at radius 3 is 2.88 bits per heavy atom. The SMILES string of the molecule is NC(=O)C1CCN(Cc2ccc(N)cc2Cl)C1. The summed E-state index contributed by atoms with van der Waals surface area (Å²) < 4.78 is 0. The Morgan fingerprint density at radius 2 is 2.29 bits per heavy atom. The molecule has 17 heavy (non-hydrogen) atoms. The molecule has 1 heterocycles. The maximum Gasteiger partial charge on any atom is 0.221 e. The van der Waals surface area contributed by atoms with Gasteiger partial charge in [0.1, 0.15) is 0 Å². The monoisotopic (exact) mass is 253 g/mol. The molecule has 5 heteroatoms. The second kappa shape index (κ2) is 4.94. The van der Waals surface area contributed by atoms with Crippen molar-refractivity contribution in [2.45, 2.75) is 13.0 Å². The van der Waals surface area contributed by atoms with Crippen molar-refractivity contribution in [3.63, 3.8) is 0 Å². The zero-order valence-electron chi connectivity index (χ0n) is 9.53. The Labute approximate surface area is 106 Å². The summed E-state index contributed by atoms with van der Waals surface area (Å²) in [7, 11) is 0. The molecule has 1 aliphatic heterocycles. The van der Waals surface area contributed by atoms with Crippen molar-refractivity contribution in [3.05, 3.63) is 28.8 Å². The first kappa shape index (κ1) is 12.2. The molecule has 2 rings (SSSR count). The molecule has 1 fully saturated rings. The molecule has 1 unspecified atom stereocenters. The number of rotatable bonds is 3. The standard InChI is InChI=1S/C12H16ClN3O/c13-11-5-10(14)2-1-8(11)6-16-4-3-9(7-16)12(15)17/h1-2,5,9H,3-4,6-7,14H2,(H2,15,17). The first-order valence-electron chi connectivity index (χ1n) is 5.62. The minimum absolute atomic E-state index is 0.0254. The lowest BCUT2D eigenvalue weighted by molar-refractivity contribution is -0.121. The molecule has 4 N–H and O–H groups in total. The highest BCUT2D eigenvalue weighted by molar-refractivity contribution is 6.31. The van der Waals surface area contributed by atoms with Crippen LogP contribution in [0.25, 0.3) is 0 Å². The van der Waals surface area contributed by atoms with E-state index in [-0.39, 0.29) is 11.8 Å². The number of amides is 1. The third-order valence-electron chi connectivity index (χ3n) is 3.15. The van der Waals surface area contributed by atoms with Crippen LogP contribution >= 0.6 is 11.6 Å². The molecule has 1 saturated heterocycles. The minimum Gasteiger partial charge on any atom is -0.399 e. The van der Waals surface area contributed by atoms with Crippen molar-refractivity contribution in [1.82, 2.24) is 4.90 Å². The average molecular weight is 254 g/mol. The van der Waals surface area contributed by atoms with Gasteiger partial charge in [-0.2, -0.15) is 0 Å². The normalized spacial score (nSPS) is 20.6. The van der Waals surface area contributed by atoms with E-state index in [1.165, 1.54) is 0 Å². The summed E-state index contributed by atoms with van der Waals surface area (Å²) in [5.41, 5.74) is 12.6. The van der Waals surface area contributed by atoms with E-state index in [1.54, 1.807) is 6.07 Å². The van der Waals surface area contributed by atoms with Gasteiger partial charge < -0.3 is 11.5 Å². The Bertz CT molecular complexity index is 436. The third-order valence-corrected chi connectivity index (χ3v) is 3.50. The molecule has 0 aromatic heterocycles. The molecule has 92 valence electrons. The molecule has 1 aliphatic rings. The molecule has 1 aromatic carbocycles. The number of carbonyl (C=O) groups excluding carboxylic acids is 1. The number of nitrogen functional groups attached to an aromatic ring is 1. The van der Waals surface area contributed by atoms with E-state index >= 15 is 0 Å². The van der Waals surface area contributed by atoms with Gasteiger partial charge in [-0.3, -0.25) is 9.69 Å². The smallest absolute Gasteiger partial charge is 0.221 e.